The normalized spacial score (nSPS) is 40.4. The van der Waals surface area contributed by atoms with Crippen LogP contribution in [-0.2, 0) is 33.4 Å². The molecule has 3 fully saturated rings. The Kier molecular flexibility index (Phi) is 5.92. The van der Waals surface area contributed by atoms with Crippen molar-refractivity contribution in [2.45, 2.75) is 97.9 Å². The first-order valence-corrected chi connectivity index (χ1v) is 11.2. The Morgan fingerprint density at radius 2 is 1.65 bits per heavy atom. The van der Waals surface area contributed by atoms with Gasteiger partial charge in [0.1, 0.15) is 12.4 Å². The molecule has 3 aliphatic rings. The van der Waals surface area contributed by atoms with E-state index in [2.05, 4.69) is 6.92 Å². The highest BCUT2D eigenvalue weighted by atomic mass is 16.6. The Morgan fingerprint density at radius 3 is 2.23 bits per heavy atom. The molecule has 7 heteroatoms. The van der Waals surface area contributed by atoms with E-state index in [-0.39, 0.29) is 36.1 Å². The minimum atomic E-state index is -1.41. The minimum absolute atomic E-state index is 0.0431. The van der Waals surface area contributed by atoms with Gasteiger partial charge in [-0.3, -0.25) is 19.2 Å². The average Bonchev–Trinajstić information content (AvgIpc) is 2.63. The molecule has 0 amide bonds. The molecule has 1 saturated heterocycles. The van der Waals surface area contributed by atoms with Gasteiger partial charge < -0.3 is 14.2 Å². The standard InChI is InChI=1S/C24H36O7/c1-14(25)29-13-20(30-15(2)26)24(7)19(28)12-17-22(5)10-9-18(27)21(3,4)16(22)8-11-23(17,6)31-24/h16-17,20H,8-13H2,1-7H3/t16-,17+,20-,22-,23+,24-/m1/s1. The quantitative estimate of drug-likeness (QED) is 0.623. The fourth-order valence-corrected chi connectivity index (χ4v) is 6.75. The monoisotopic (exact) mass is 436 g/mol. The third-order valence-corrected chi connectivity index (χ3v) is 8.49. The summed E-state index contributed by atoms with van der Waals surface area (Å²) in [5.41, 5.74) is -2.64. The van der Waals surface area contributed by atoms with Crippen LogP contribution in [0.2, 0.25) is 0 Å². The Bertz CT molecular complexity index is 802. The zero-order valence-corrected chi connectivity index (χ0v) is 19.8. The van der Waals surface area contributed by atoms with Gasteiger partial charge in [-0.1, -0.05) is 20.8 Å². The van der Waals surface area contributed by atoms with Crippen LogP contribution in [0.3, 0.4) is 0 Å². The predicted octanol–water partition coefficient (Wildman–Crippen LogP) is 3.41. The van der Waals surface area contributed by atoms with E-state index < -0.39 is 34.7 Å². The Balaban J connectivity index is 1.94. The van der Waals surface area contributed by atoms with Gasteiger partial charge in [-0.2, -0.15) is 0 Å². The lowest BCUT2D eigenvalue weighted by molar-refractivity contribution is -0.271. The van der Waals surface area contributed by atoms with Gasteiger partial charge in [-0.05, 0) is 44.4 Å². The molecule has 0 aromatic heterocycles. The van der Waals surface area contributed by atoms with E-state index in [1.165, 1.54) is 13.8 Å². The van der Waals surface area contributed by atoms with E-state index >= 15 is 0 Å². The summed E-state index contributed by atoms with van der Waals surface area (Å²) in [5, 5.41) is 0. The van der Waals surface area contributed by atoms with Gasteiger partial charge in [-0.15, -0.1) is 0 Å². The second kappa shape index (κ2) is 7.68. The van der Waals surface area contributed by atoms with E-state index in [4.69, 9.17) is 14.2 Å². The number of esters is 2. The van der Waals surface area contributed by atoms with Crippen molar-refractivity contribution in [1.29, 1.82) is 0 Å². The van der Waals surface area contributed by atoms with Gasteiger partial charge in [0.2, 0.25) is 0 Å². The lowest BCUT2D eigenvalue weighted by atomic mass is 9.44. The summed E-state index contributed by atoms with van der Waals surface area (Å²) in [5.74, 6) is -0.808. The van der Waals surface area contributed by atoms with Crippen LogP contribution in [0.5, 0.6) is 0 Å². The van der Waals surface area contributed by atoms with Crippen LogP contribution in [0, 0.1) is 22.7 Å². The number of carbonyl (C=O) groups is 4. The fourth-order valence-electron chi connectivity index (χ4n) is 6.75. The summed E-state index contributed by atoms with van der Waals surface area (Å²) < 4.78 is 17.1. The predicted molar refractivity (Wildman–Crippen MR) is 112 cm³/mol. The zero-order valence-electron chi connectivity index (χ0n) is 19.8. The van der Waals surface area contributed by atoms with Gasteiger partial charge in [0.15, 0.2) is 17.5 Å². The summed E-state index contributed by atoms with van der Waals surface area (Å²) in [4.78, 5) is 49.2. The number of Topliss-reactive ketones (excluding diaryl/α,β-unsaturated/α-hetero) is 2. The molecule has 0 bridgehead atoms. The molecule has 0 unspecified atom stereocenters. The maximum absolute atomic E-state index is 13.5. The first-order valence-electron chi connectivity index (χ1n) is 11.2. The van der Waals surface area contributed by atoms with E-state index in [0.29, 0.717) is 18.6 Å². The molecule has 1 heterocycles. The van der Waals surface area contributed by atoms with Crippen molar-refractivity contribution >= 4 is 23.5 Å². The second-order valence-electron chi connectivity index (χ2n) is 10.8. The van der Waals surface area contributed by atoms with Crippen LogP contribution in [0.1, 0.15) is 80.6 Å². The highest BCUT2D eigenvalue weighted by Crippen LogP contribution is 2.64. The van der Waals surface area contributed by atoms with Crippen LogP contribution in [0.25, 0.3) is 0 Å². The maximum atomic E-state index is 13.5. The summed E-state index contributed by atoms with van der Waals surface area (Å²) in [6, 6.07) is 0. The lowest BCUT2D eigenvalue weighted by Crippen LogP contribution is -2.69. The molecular formula is C24H36O7. The molecule has 0 N–H and O–H groups in total. The molecule has 0 spiro atoms. The third kappa shape index (κ3) is 3.83. The minimum Gasteiger partial charge on any atom is -0.462 e. The lowest BCUT2D eigenvalue weighted by Gasteiger charge is -2.64. The molecule has 2 saturated carbocycles. The first kappa shape index (κ1) is 23.9. The first-order chi connectivity index (χ1) is 14.2. The number of ether oxygens (including phenoxy) is 3. The van der Waals surface area contributed by atoms with Gasteiger partial charge in [0.05, 0.1) is 5.60 Å². The van der Waals surface area contributed by atoms with Crippen LogP contribution < -0.4 is 0 Å². The van der Waals surface area contributed by atoms with Crippen LogP contribution in [0.15, 0.2) is 0 Å². The van der Waals surface area contributed by atoms with E-state index in [0.717, 1.165) is 12.8 Å². The highest BCUT2D eigenvalue weighted by Gasteiger charge is 2.66. The fraction of sp³-hybridized carbons (Fsp3) is 0.833. The molecule has 6 atom stereocenters. The number of fused-ring (bicyclic) bond motifs is 3. The van der Waals surface area contributed by atoms with E-state index in [1.54, 1.807) is 6.92 Å². The number of carbonyl (C=O) groups excluding carboxylic acids is 4. The second-order valence-corrected chi connectivity index (χ2v) is 10.8. The molecule has 174 valence electrons. The van der Waals surface area contributed by atoms with Crippen molar-refractivity contribution < 1.29 is 33.4 Å². The summed E-state index contributed by atoms with van der Waals surface area (Å²) in [6.45, 7) is 12.2. The summed E-state index contributed by atoms with van der Waals surface area (Å²) >= 11 is 0. The van der Waals surface area contributed by atoms with Crippen LogP contribution >= 0.6 is 0 Å². The van der Waals surface area contributed by atoms with E-state index in [1.807, 2.05) is 20.8 Å². The molecule has 1 aliphatic heterocycles. The molecule has 2 aliphatic carbocycles. The van der Waals surface area contributed by atoms with Crippen molar-refractivity contribution in [3.05, 3.63) is 0 Å². The molecule has 31 heavy (non-hydrogen) atoms. The van der Waals surface area contributed by atoms with Crippen molar-refractivity contribution in [2.24, 2.45) is 22.7 Å². The average molecular weight is 437 g/mol. The number of hydrogen-bond donors (Lipinski definition) is 0. The Morgan fingerprint density at radius 1 is 1.00 bits per heavy atom. The summed E-state index contributed by atoms with van der Waals surface area (Å²) in [7, 11) is 0. The van der Waals surface area contributed by atoms with Crippen LogP contribution in [0.4, 0.5) is 0 Å². The number of ketones is 2. The summed E-state index contributed by atoms with van der Waals surface area (Å²) in [6.07, 6.45) is 2.05. The molecule has 0 aromatic carbocycles. The van der Waals surface area contributed by atoms with Gasteiger partial charge in [0.25, 0.3) is 0 Å². The maximum Gasteiger partial charge on any atom is 0.303 e. The number of rotatable bonds is 4. The van der Waals surface area contributed by atoms with Gasteiger partial charge in [0, 0.05) is 38.0 Å². The highest BCUT2D eigenvalue weighted by molar-refractivity contribution is 5.90. The smallest absolute Gasteiger partial charge is 0.303 e. The zero-order chi connectivity index (χ0) is 23.4. The van der Waals surface area contributed by atoms with Crippen molar-refractivity contribution in [1.82, 2.24) is 0 Å². The van der Waals surface area contributed by atoms with E-state index in [9.17, 15) is 19.2 Å². The molecule has 0 radical (unpaired) electrons. The molecule has 7 nitrogen and oxygen atoms in total. The van der Waals surface area contributed by atoms with Crippen molar-refractivity contribution in [2.75, 3.05) is 6.61 Å². The molecule has 3 rings (SSSR count). The molecular weight excluding hydrogens is 400 g/mol. The Hall–Kier alpha value is -1.76. The SMILES string of the molecule is CC(=O)OC[C@@H](OC(C)=O)[C@]1(C)O[C@@]2(C)CC[C@@H]3C(C)(C)C(=O)CC[C@@]3(C)[C@@H]2CC1=O. The molecule has 0 aromatic rings. The van der Waals surface area contributed by atoms with Gasteiger partial charge >= 0.3 is 11.9 Å². The topological polar surface area (TPSA) is 96.0 Å². The van der Waals surface area contributed by atoms with Gasteiger partial charge in [-0.25, -0.2) is 0 Å². The third-order valence-electron chi connectivity index (χ3n) is 8.49. The van der Waals surface area contributed by atoms with Crippen molar-refractivity contribution in [3.63, 3.8) is 0 Å². The Labute approximate surface area is 184 Å². The van der Waals surface area contributed by atoms with Crippen molar-refractivity contribution in [3.8, 4) is 0 Å². The number of hydrogen-bond acceptors (Lipinski definition) is 7. The van der Waals surface area contributed by atoms with Crippen LogP contribution in [-0.4, -0.2) is 47.4 Å². The largest absolute Gasteiger partial charge is 0.462 e.